The third kappa shape index (κ3) is 5.53. The number of β-amino-alcohol motifs (C(OH)–C–C–N with tert-alkyl or cyclic N) is 1. The number of rotatable bonds is 6. The highest BCUT2D eigenvalue weighted by atomic mass is 16.5. The van der Waals surface area contributed by atoms with Crippen molar-refractivity contribution in [3.8, 4) is 0 Å². The fourth-order valence-electron chi connectivity index (χ4n) is 8.92. The van der Waals surface area contributed by atoms with Gasteiger partial charge in [-0.05, 0) is 44.4 Å². The second-order valence-corrected chi connectivity index (χ2v) is 13.9. The van der Waals surface area contributed by atoms with E-state index in [0.29, 0.717) is 64.0 Å². The zero-order valence-corrected chi connectivity index (χ0v) is 25.0. The zero-order valence-electron chi connectivity index (χ0n) is 25.0. The summed E-state index contributed by atoms with van der Waals surface area (Å²) in [4.78, 5) is 48.5. The lowest BCUT2D eigenvalue weighted by Crippen LogP contribution is -2.65. The molecule has 3 amide bonds. The van der Waals surface area contributed by atoms with E-state index in [2.05, 4.69) is 6.92 Å². The lowest BCUT2D eigenvalue weighted by Gasteiger charge is -2.54. The van der Waals surface area contributed by atoms with E-state index in [1.54, 1.807) is 11.1 Å². The highest BCUT2D eigenvalue weighted by Crippen LogP contribution is 2.52. The molecule has 9 nitrogen and oxygen atoms in total. The van der Waals surface area contributed by atoms with Crippen LogP contribution in [0.3, 0.4) is 0 Å². The van der Waals surface area contributed by atoms with Crippen LogP contribution in [0.1, 0.15) is 90.4 Å². The van der Waals surface area contributed by atoms with Gasteiger partial charge in [-0.3, -0.25) is 14.4 Å². The molecule has 228 valence electrons. The first-order valence-corrected chi connectivity index (χ1v) is 16.5. The summed E-state index contributed by atoms with van der Waals surface area (Å²) >= 11 is 0. The number of hydrogen-bond acceptors (Lipinski definition) is 6. The summed E-state index contributed by atoms with van der Waals surface area (Å²) in [6.07, 6.45) is 14.9. The summed E-state index contributed by atoms with van der Waals surface area (Å²) in [5, 5.41) is 12.4. The molecule has 3 saturated heterocycles. The molecule has 2 saturated carbocycles. The fourth-order valence-corrected chi connectivity index (χ4v) is 8.92. The van der Waals surface area contributed by atoms with Crippen LogP contribution in [-0.2, 0) is 19.1 Å². The van der Waals surface area contributed by atoms with Gasteiger partial charge in [-0.2, -0.15) is 0 Å². The van der Waals surface area contributed by atoms with Gasteiger partial charge >= 0.3 is 0 Å². The smallest absolute Gasteiger partial charge is 0.271 e. The Bertz CT molecular complexity index is 1030. The van der Waals surface area contributed by atoms with E-state index >= 15 is 0 Å². The van der Waals surface area contributed by atoms with Crippen molar-refractivity contribution in [1.82, 2.24) is 19.6 Å². The number of carbonyl (C=O) groups excluding carboxylic acids is 3. The highest BCUT2D eigenvalue weighted by Gasteiger charge is 2.57. The molecule has 0 bridgehead atoms. The van der Waals surface area contributed by atoms with E-state index in [0.717, 1.165) is 44.9 Å². The van der Waals surface area contributed by atoms with Crippen LogP contribution < -0.4 is 0 Å². The van der Waals surface area contributed by atoms with Gasteiger partial charge in [-0.15, -0.1) is 0 Å². The molecule has 6 aliphatic rings. The van der Waals surface area contributed by atoms with Crippen LogP contribution in [0.4, 0.5) is 0 Å². The first-order chi connectivity index (χ1) is 19.8. The van der Waals surface area contributed by atoms with Gasteiger partial charge in [0.25, 0.3) is 5.91 Å². The Balaban J connectivity index is 1.19. The van der Waals surface area contributed by atoms with Crippen molar-refractivity contribution < 1.29 is 24.2 Å². The maximum Gasteiger partial charge on any atom is 0.271 e. The molecule has 6 rings (SSSR count). The largest absolute Gasteiger partial charge is 0.387 e. The van der Waals surface area contributed by atoms with Gasteiger partial charge in [0.2, 0.25) is 11.8 Å². The minimum absolute atomic E-state index is 0.0106. The SMILES string of the molecule is C[C@H](CC1CCCCC1)C(=O)N1CC[C@](O)(CN2C=C(C(=O)N3CCOCC3)N3CCCC3C2=O)C2(CCCC2)C1. The van der Waals surface area contributed by atoms with E-state index in [4.69, 9.17) is 4.74 Å². The molecular weight excluding hydrogens is 520 g/mol. The second kappa shape index (κ2) is 11.9. The summed E-state index contributed by atoms with van der Waals surface area (Å²) in [5.74, 6) is 0.843. The molecule has 0 aromatic rings. The third-order valence-corrected chi connectivity index (χ3v) is 11.3. The second-order valence-electron chi connectivity index (χ2n) is 13.9. The maximum absolute atomic E-state index is 13.7. The lowest BCUT2D eigenvalue weighted by atomic mass is 9.65. The molecule has 3 atom stereocenters. The van der Waals surface area contributed by atoms with E-state index in [-0.39, 0.29) is 36.2 Å². The van der Waals surface area contributed by atoms with Crippen LogP contribution in [0.5, 0.6) is 0 Å². The van der Waals surface area contributed by atoms with Crippen molar-refractivity contribution in [2.75, 3.05) is 52.5 Å². The van der Waals surface area contributed by atoms with Crippen LogP contribution >= 0.6 is 0 Å². The lowest BCUT2D eigenvalue weighted by molar-refractivity contribution is -0.168. The topological polar surface area (TPSA) is 93.6 Å². The molecule has 41 heavy (non-hydrogen) atoms. The van der Waals surface area contributed by atoms with Crippen LogP contribution in [0.25, 0.3) is 0 Å². The average molecular weight is 571 g/mol. The summed E-state index contributed by atoms with van der Waals surface area (Å²) in [7, 11) is 0. The highest BCUT2D eigenvalue weighted by molar-refractivity contribution is 5.97. The predicted octanol–water partition coefficient (Wildman–Crippen LogP) is 3.12. The van der Waals surface area contributed by atoms with Crippen molar-refractivity contribution in [3.05, 3.63) is 11.9 Å². The molecule has 4 aliphatic heterocycles. The Hall–Kier alpha value is -2.13. The number of aliphatic hydroxyl groups is 1. The Morgan fingerprint density at radius 3 is 2.41 bits per heavy atom. The number of amides is 3. The first kappa shape index (κ1) is 29.0. The molecule has 1 spiro atoms. The van der Waals surface area contributed by atoms with Gasteiger partial charge in [-0.25, -0.2) is 0 Å². The van der Waals surface area contributed by atoms with Crippen molar-refractivity contribution in [1.29, 1.82) is 0 Å². The van der Waals surface area contributed by atoms with Crippen LogP contribution in [-0.4, -0.2) is 107 Å². The number of nitrogens with zero attached hydrogens (tertiary/aromatic N) is 4. The Kier molecular flexibility index (Phi) is 8.38. The summed E-state index contributed by atoms with van der Waals surface area (Å²) in [6.45, 7) is 6.25. The first-order valence-electron chi connectivity index (χ1n) is 16.5. The number of morpholine rings is 1. The number of ether oxygens (including phenoxy) is 1. The molecule has 9 heteroatoms. The third-order valence-electron chi connectivity index (χ3n) is 11.3. The summed E-state index contributed by atoms with van der Waals surface area (Å²) in [6, 6.07) is -0.342. The Labute approximate surface area is 245 Å². The average Bonchev–Trinajstić information content (AvgIpc) is 3.68. The van der Waals surface area contributed by atoms with Gasteiger partial charge < -0.3 is 29.4 Å². The zero-order chi connectivity index (χ0) is 28.6. The monoisotopic (exact) mass is 570 g/mol. The van der Waals surface area contributed by atoms with Gasteiger partial charge in [0, 0.05) is 50.3 Å². The van der Waals surface area contributed by atoms with E-state index in [9.17, 15) is 19.5 Å². The fraction of sp³-hybridized carbons (Fsp3) is 0.844. The molecule has 1 N–H and O–H groups in total. The normalized spacial score (nSPS) is 31.4. The Morgan fingerprint density at radius 1 is 0.951 bits per heavy atom. The molecule has 5 fully saturated rings. The number of piperidine rings is 1. The molecule has 0 aromatic carbocycles. The van der Waals surface area contributed by atoms with Gasteiger partial charge in [-0.1, -0.05) is 51.9 Å². The maximum atomic E-state index is 13.7. The van der Waals surface area contributed by atoms with Crippen molar-refractivity contribution in [2.24, 2.45) is 17.3 Å². The number of hydrogen-bond donors (Lipinski definition) is 1. The summed E-state index contributed by atoms with van der Waals surface area (Å²) < 4.78 is 5.45. The van der Waals surface area contributed by atoms with Crippen molar-refractivity contribution in [3.63, 3.8) is 0 Å². The number of carbonyl (C=O) groups is 3. The molecule has 1 unspecified atom stereocenters. The quantitative estimate of drug-likeness (QED) is 0.528. The van der Waals surface area contributed by atoms with Crippen LogP contribution in [0.15, 0.2) is 11.9 Å². The minimum atomic E-state index is -1.09. The Morgan fingerprint density at radius 2 is 1.68 bits per heavy atom. The van der Waals surface area contributed by atoms with Crippen LogP contribution in [0.2, 0.25) is 0 Å². The van der Waals surface area contributed by atoms with Gasteiger partial charge in [0.1, 0.15) is 11.7 Å². The number of likely N-dealkylation sites (tertiary alicyclic amines) is 1. The van der Waals surface area contributed by atoms with Crippen LogP contribution in [0, 0.1) is 17.3 Å². The molecule has 0 radical (unpaired) electrons. The molecule has 0 aromatic heterocycles. The number of fused-ring (bicyclic) bond motifs is 1. The van der Waals surface area contributed by atoms with E-state index in [1.165, 1.54) is 32.1 Å². The standard InChI is InChI=1S/C32H50N4O5/c1-24(20-25-8-3-2-4-9-25)28(37)34-15-13-32(40,31(22-34)11-5-6-12-31)23-35-21-27(30(39)33-16-18-41-19-17-33)36-14-7-10-26(36)29(35)38/h21,24-26,40H,2-20,22-23H2,1H3/t24-,26?,32+/m1/s1. The van der Waals surface area contributed by atoms with Crippen molar-refractivity contribution >= 4 is 17.7 Å². The molecule has 4 heterocycles. The van der Waals surface area contributed by atoms with E-state index in [1.807, 2.05) is 14.7 Å². The van der Waals surface area contributed by atoms with E-state index < -0.39 is 11.0 Å². The predicted molar refractivity (Wildman–Crippen MR) is 154 cm³/mol. The minimum Gasteiger partial charge on any atom is -0.387 e. The van der Waals surface area contributed by atoms with Gasteiger partial charge in [0.05, 0.1) is 25.4 Å². The molecular formula is C32H50N4O5. The molecule has 2 aliphatic carbocycles. The van der Waals surface area contributed by atoms with Crippen molar-refractivity contribution in [2.45, 2.75) is 102 Å². The van der Waals surface area contributed by atoms with Gasteiger partial charge in [0.15, 0.2) is 0 Å². The summed E-state index contributed by atoms with van der Waals surface area (Å²) in [5.41, 5.74) is -0.935.